The number of piperidine rings is 1. The summed E-state index contributed by atoms with van der Waals surface area (Å²) >= 11 is 0. The molecule has 6 nitrogen and oxygen atoms in total. The van der Waals surface area contributed by atoms with Crippen molar-refractivity contribution < 1.29 is 19.1 Å². The zero-order valence-electron chi connectivity index (χ0n) is 16.5. The summed E-state index contributed by atoms with van der Waals surface area (Å²) in [7, 11) is 0. The number of ether oxygens (including phenoxy) is 2. The summed E-state index contributed by atoms with van der Waals surface area (Å²) in [6.45, 7) is 8.28. The van der Waals surface area contributed by atoms with E-state index in [0.29, 0.717) is 25.9 Å². The standard InChI is InChI=1S/C21H28N2O4/c1-5-26-18(24)17(15-22)21(16-9-7-6-8-10-16)11-13-23(14-12-21)19(25)27-20(2,3)4/h6-10,17H,5,11-14H2,1-4H3. The van der Waals surface area contributed by atoms with Crippen LogP contribution < -0.4 is 0 Å². The highest BCUT2D eigenvalue weighted by molar-refractivity contribution is 5.78. The first kappa shape index (κ1) is 20.8. The maximum Gasteiger partial charge on any atom is 0.410 e. The van der Waals surface area contributed by atoms with Gasteiger partial charge < -0.3 is 14.4 Å². The molecule has 0 spiro atoms. The highest BCUT2D eigenvalue weighted by atomic mass is 16.6. The van der Waals surface area contributed by atoms with E-state index in [2.05, 4.69) is 6.07 Å². The van der Waals surface area contributed by atoms with Crippen molar-refractivity contribution in [2.45, 2.75) is 51.6 Å². The van der Waals surface area contributed by atoms with Crippen LogP contribution in [-0.2, 0) is 19.7 Å². The normalized spacial score (nSPS) is 17.5. The first-order valence-corrected chi connectivity index (χ1v) is 9.33. The number of esters is 1. The third-order valence-corrected chi connectivity index (χ3v) is 4.86. The highest BCUT2D eigenvalue weighted by Gasteiger charge is 2.48. The van der Waals surface area contributed by atoms with Crippen LogP contribution in [0.2, 0.25) is 0 Å². The van der Waals surface area contributed by atoms with Gasteiger partial charge in [-0.1, -0.05) is 30.3 Å². The average Bonchev–Trinajstić information content (AvgIpc) is 2.62. The van der Waals surface area contributed by atoms with Gasteiger partial charge >= 0.3 is 12.1 Å². The minimum Gasteiger partial charge on any atom is -0.465 e. The van der Waals surface area contributed by atoms with E-state index in [4.69, 9.17) is 9.47 Å². The maximum absolute atomic E-state index is 12.5. The molecular formula is C21H28N2O4. The number of nitrogens with zero attached hydrogens (tertiary/aromatic N) is 2. The van der Waals surface area contributed by atoms with Gasteiger partial charge in [0.05, 0.1) is 12.7 Å². The number of carbonyl (C=O) groups excluding carboxylic acids is 2. The van der Waals surface area contributed by atoms with Gasteiger partial charge in [-0.3, -0.25) is 4.79 Å². The van der Waals surface area contributed by atoms with Gasteiger partial charge in [-0.15, -0.1) is 0 Å². The van der Waals surface area contributed by atoms with E-state index in [1.54, 1.807) is 11.8 Å². The Bertz CT molecular complexity index is 695. The Kier molecular flexibility index (Phi) is 6.48. The second-order valence-corrected chi connectivity index (χ2v) is 7.80. The number of carbonyl (C=O) groups is 2. The molecule has 0 aliphatic carbocycles. The van der Waals surface area contributed by atoms with Crippen molar-refractivity contribution in [3.05, 3.63) is 35.9 Å². The van der Waals surface area contributed by atoms with Gasteiger partial charge in [-0.25, -0.2) is 4.79 Å². The number of benzene rings is 1. The number of hydrogen-bond donors (Lipinski definition) is 0. The van der Waals surface area contributed by atoms with Gasteiger partial charge in [0.1, 0.15) is 5.60 Å². The van der Waals surface area contributed by atoms with Crippen molar-refractivity contribution in [3.8, 4) is 6.07 Å². The van der Waals surface area contributed by atoms with Gasteiger partial charge in [-0.2, -0.15) is 5.26 Å². The molecule has 1 aliphatic heterocycles. The van der Waals surface area contributed by atoms with E-state index >= 15 is 0 Å². The molecule has 1 unspecified atom stereocenters. The maximum atomic E-state index is 12.5. The fraction of sp³-hybridized carbons (Fsp3) is 0.571. The molecule has 27 heavy (non-hydrogen) atoms. The summed E-state index contributed by atoms with van der Waals surface area (Å²) in [5.41, 5.74) is -0.320. The van der Waals surface area contributed by atoms with E-state index in [1.165, 1.54) is 0 Å². The van der Waals surface area contributed by atoms with Crippen molar-refractivity contribution in [1.82, 2.24) is 4.90 Å². The molecule has 0 radical (unpaired) electrons. The lowest BCUT2D eigenvalue weighted by Crippen LogP contribution is -2.51. The van der Waals surface area contributed by atoms with Gasteiger partial charge in [0.15, 0.2) is 5.92 Å². The smallest absolute Gasteiger partial charge is 0.410 e. The fourth-order valence-corrected chi connectivity index (χ4v) is 3.56. The van der Waals surface area contributed by atoms with Crippen LogP contribution in [0.25, 0.3) is 0 Å². The largest absolute Gasteiger partial charge is 0.465 e. The molecule has 2 rings (SSSR count). The minimum atomic E-state index is -0.916. The Hall–Kier alpha value is -2.55. The van der Waals surface area contributed by atoms with Crippen molar-refractivity contribution in [2.24, 2.45) is 5.92 Å². The molecule has 1 fully saturated rings. The topological polar surface area (TPSA) is 79.6 Å². The number of likely N-dealkylation sites (tertiary alicyclic amines) is 1. The summed E-state index contributed by atoms with van der Waals surface area (Å²) in [5, 5.41) is 9.77. The van der Waals surface area contributed by atoms with Crippen molar-refractivity contribution in [1.29, 1.82) is 5.26 Å². The van der Waals surface area contributed by atoms with Crippen molar-refractivity contribution >= 4 is 12.1 Å². The predicted octanol–water partition coefficient (Wildman–Crippen LogP) is 3.66. The summed E-state index contributed by atoms with van der Waals surface area (Å²) in [6, 6.07) is 11.7. The molecule has 0 aromatic heterocycles. The summed E-state index contributed by atoms with van der Waals surface area (Å²) in [4.78, 5) is 26.5. The van der Waals surface area contributed by atoms with Gasteiger partial charge in [-0.05, 0) is 46.1 Å². The molecule has 0 N–H and O–H groups in total. The molecule has 1 atom stereocenters. The molecule has 0 bridgehead atoms. The lowest BCUT2D eigenvalue weighted by atomic mass is 9.64. The Morgan fingerprint density at radius 3 is 2.30 bits per heavy atom. The van der Waals surface area contributed by atoms with Crippen LogP contribution in [-0.4, -0.2) is 42.3 Å². The third-order valence-electron chi connectivity index (χ3n) is 4.86. The van der Waals surface area contributed by atoms with Crippen LogP contribution in [0, 0.1) is 17.2 Å². The van der Waals surface area contributed by atoms with E-state index in [9.17, 15) is 14.9 Å². The van der Waals surface area contributed by atoms with Crippen LogP contribution in [0.4, 0.5) is 4.79 Å². The van der Waals surface area contributed by atoms with E-state index < -0.39 is 22.9 Å². The fourth-order valence-electron chi connectivity index (χ4n) is 3.56. The quantitative estimate of drug-likeness (QED) is 0.754. The number of nitriles is 1. The molecule has 1 saturated heterocycles. The van der Waals surface area contributed by atoms with Crippen LogP contribution >= 0.6 is 0 Å². The van der Waals surface area contributed by atoms with Crippen LogP contribution in [0.5, 0.6) is 0 Å². The Balaban J connectivity index is 2.28. The van der Waals surface area contributed by atoms with Crippen molar-refractivity contribution in [3.63, 3.8) is 0 Å². The zero-order valence-corrected chi connectivity index (χ0v) is 16.5. The van der Waals surface area contributed by atoms with Gasteiger partial charge in [0, 0.05) is 18.5 Å². The predicted molar refractivity (Wildman–Crippen MR) is 101 cm³/mol. The molecule has 146 valence electrons. The third kappa shape index (κ3) is 4.79. The first-order chi connectivity index (χ1) is 12.7. The second kappa shape index (κ2) is 8.43. The monoisotopic (exact) mass is 372 g/mol. The second-order valence-electron chi connectivity index (χ2n) is 7.80. The molecule has 1 aliphatic rings. The molecule has 6 heteroatoms. The molecule has 1 heterocycles. The summed E-state index contributed by atoms with van der Waals surface area (Å²) in [6.07, 6.45) is 0.620. The molecule has 1 amide bonds. The Morgan fingerprint density at radius 1 is 1.22 bits per heavy atom. The molecule has 1 aromatic carbocycles. The lowest BCUT2D eigenvalue weighted by Gasteiger charge is -2.43. The molecule has 1 aromatic rings. The SMILES string of the molecule is CCOC(=O)C(C#N)C1(c2ccccc2)CCN(C(=O)OC(C)(C)C)CC1. The van der Waals surface area contributed by atoms with Gasteiger partial charge in [0.25, 0.3) is 0 Å². The van der Waals surface area contributed by atoms with Crippen LogP contribution in [0.3, 0.4) is 0 Å². The lowest BCUT2D eigenvalue weighted by molar-refractivity contribution is -0.149. The zero-order chi connectivity index (χ0) is 20.1. The van der Waals surface area contributed by atoms with Crippen LogP contribution in [0.15, 0.2) is 30.3 Å². The minimum absolute atomic E-state index is 0.228. The number of rotatable bonds is 4. The summed E-state index contributed by atoms with van der Waals surface area (Å²) in [5.74, 6) is -1.42. The molecule has 0 saturated carbocycles. The summed E-state index contributed by atoms with van der Waals surface area (Å²) < 4.78 is 10.6. The molecular weight excluding hydrogens is 344 g/mol. The Morgan fingerprint density at radius 2 is 1.81 bits per heavy atom. The number of hydrogen-bond acceptors (Lipinski definition) is 5. The van der Waals surface area contributed by atoms with Crippen molar-refractivity contribution in [2.75, 3.05) is 19.7 Å². The van der Waals surface area contributed by atoms with E-state index in [0.717, 1.165) is 5.56 Å². The van der Waals surface area contributed by atoms with E-state index in [1.807, 2.05) is 51.1 Å². The van der Waals surface area contributed by atoms with Crippen LogP contribution in [0.1, 0.15) is 46.1 Å². The average molecular weight is 372 g/mol. The van der Waals surface area contributed by atoms with E-state index in [-0.39, 0.29) is 12.7 Å². The van der Waals surface area contributed by atoms with Gasteiger partial charge in [0.2, 0.25) is 0 Å². The number of amides is 1. The highest BCUT2D eigenvalue weighted by Crippen LogP contribution is 2.42. The Labute approximate surface area is 161 Å². The first-order valence-electron chi connectivity index (χ1n) is 9.33.